The molecule has 5 N–H and O–H groups in total. The quantitative estimate of drug-likeness (QED) is 0.268. The van der Waals surface area contributed by atoms with Crippen molar-refractivity contribution in [3.8, 4) is 0 Å². The molecule has 0 aliphatic rings. The maximum atomic E-state index is 5.35. The summed E-state index contributed by atoms with van der Waals surface area (Å²) in [4.78, 5) is 0. The molecule has 0 aliphatic carbocycles. The van der Waals surface area contributed by atoms with E-state index in [-0.39, 0.29) is 0 Å². The van der Waals surface area contributed by atoms with Crippen LogP contribution >= 0.6 is 0 Å². The van der Waals surface area contributed by atoms with Gasteiger partial charge in [0, 0.05) is 54.7 Å². The summed E-state index contributed by atoms with van der Waals surface area (Å²) in [6.07, 6.45) is 3.19. The van der Waals surface area contributed by atoms with Gasteiger partial charge in [0.1, 0.15) is 0 Å². The zero-order valence-corrected chi connectivity index (χ0v) is 18.3. The highest BCUT2D eigenvalue weighted by atomic mass is 28.4. The van der Waals surface area contributed by atoms with Crippen LogP contribution in [-0.2, 0) is 22.1 Å². The Morgan fingerprint density at radius 3 is 1.79 bits per heavy atom. The second-order valence-corrected chi connectivity index (χ2v) is 10.6. The van der Waals surface area contributed by atoms with Crippen LogP contribution in [0.1, 0.15) is 19.3 Å². The van der Waals surface area contributed by atoms with E-state index in [2.05, 4.69) is 5.32 Å². The van der Waals surface area contributed by atoms with Crippen LogP contribution < -0.4 is 16.8 Å². The molecule has 148 valence electrons. The molecule has 0 unspecified atom stereocenters. The molecule has 0 rings (SSSR count). The van der Waals surface area contributed by atoms with Crippen molar-refractivity contribution in [1.29, 1.82) is 0 Å². The van der Waals surface area contributed by atoms with Crippen molar-refractivity contribution < 1.29 is 22.1 Å². The Balaban J connectivity index is 0. The summed E-state index contributed by atoms with van der Waals surface area (Å²) in [5, 5.41) is 3.21. The lowest BCUT2D eigenvalue weighted by Crippen LogP contribution is -2.43. The van der Waals surface area contributed by atoms with Gasteiger partial charge >= 0.3 is 18.1 Å². The summed E-state index contributed by atoms with van der Waals surface area (Å²) in [5.41, 5.74) is 10.7. The predicted molar refractivity (Wildman–Crippen MR) is 102 cm³/mol. The van der Waals surface area contributed by atoms with E-state index < -0.39 is 18.1 Å². The summed E-state index contributed by atoms with van der Waals surface area (Å²) < 4.78 is 26.1. The van der Waals surface area contributed by atoms with E-state index in [1.807, 2.05) is 0 Å². The average Bonchev–Trinajstić information content (AvgIpc) is 2.63. The fourth-order valence-electron chi connectivity index (χ4n) is 2.00. The van der Waals surface area contributed by atoms with Gasteiger partial charge in [-0.1, -0.05) is 6.42 Å². The molecule has 0 aliphatic heterocycles. The summed E-state index contributed by atoms with van der Waals surface area (Å²) in [7, 11) is 4.69. The first-order valence-electron chi connectivity index (χ1n) is 8.41. The average molecular weight is 386 g/mol. The van der Waals surface area contributed by atoms with Crippen LogP contribution in [-0.4, -0.2) is 79.8 Å². The first-order chi connectivity index (χ1) is 11.6. The minimum absolute atomic E-state index is 0.668. The largest absolute Gasteiger partial charge is 0.500 e. The SMILES string of the molecule is CO[SiH](CCCCN)OC.CO[Si](CCCNCCN)(OC)OC. The molecule has 0 spiro atoms. The molecule has 0 saturated carbocycles. The van der Waals surface area contributed by atoms with Crippen molar-refractivity contribution >= 4 is 18.1 Å². The second kappa shape index (κ2) is 19.4. The van der Waals surface area contributed by atoms with Crippen LogP contribution in [0.4, 0.5) is 0 Å². The first-order valence-corrected chi connectivity index (χ1v) is 12.1. The number of nitrogens with one attached hydrogen (secondary N) is 1. The number of hydrogen-bond donors (Lipinski definition) is 3. The normalized spacial score (nSPS) is 11.5. The van der Waals surface area contributed by atoms with Crippen molar-refractivity contribution in [2.75, 3.05) is 61.7 Å². The van der Waals surface area contributed by atoms with Gasteiger partial charge in [-0.2, -0.15) is 0 Å². The molecule has 0 bridgehead atoms. The standard InChI is InChI=1S/C8H22N2O3Si.C6H17NO2Si/c1-11-14(12-2,13-3)8-4-6-10-7-5-9;1-8-10(9-2)6-4-3-5-7/h10H,4-9H2,1-3H3;10H,3-7H2,1-2H3. The van der Waals surface area contributed by atoms with E-state index in [1.165, 1.54) is 0 Å². The van der Waals surface area contributed by atoms with Crippen LogP contribution in [0.25, 0.3) is 0 Å². The Labute approximate surface area is 150 Å². The topological polar surface area (TPSA) is 110 Å². The highest BCUT2D eigenvalue weighted by molar-refractivity contribution is 6.60. The Morgan fingerprint density at radius 2 is 1.38 bits per heavy atom. The molecular formula is C14H39N3O5Si2. The van der Waals surface area contributed by atoms with Gasteiger partial charge in [-0.05, 0) is 32.0 Å². The molecule has 0 saturated heterocycles. The summed E-state index contributed by atoms with van der Waals surface area (Å²) >= 11 is 0. The molecule has 0 aromatic heterocycles. The van der Waals surface area contributed by atoms with Gasteiger partial charge in [0.25, 0.3) is 0 Å². The van der Waals surface area contributed by atoms with Crippen molar-refractivity contribution in [3.63, 3.8) is 0 Å². The number of rotatable bonds is 15. The monoisotopic (exact) mass is 385 g/mol. The van der Waals surface area contributed by atoms with Crippen LogP contribution in [0.5, 0.6) is 0 Å². The second-order valence-electron chi connectivity index (χ2n) is 5.12. The van der Waals surface area contributed by atoms with E-state index in [4.69, 9.17) is 33.6 Å². The lowest BCUT2D eigenvalue weighted by atomic mass is 10.3. The highest BCUT2D eigenvalue weighted by Crippen LogP contribution is 2.14. The van der Waals surface area contributed by atoms with E-state index in [0.717, 1.165) is 51.0 Å². The smallest absolute Gasteiger partial charge is 0.400 e. The number of hydrogen-bond acceptors (Lipinski definition) is 8. The Kier molecular flexibility index (Phi) is 21.3. The molecule has 0 aromatic carbocycles. The minimum Gasteiger partial charge on any atom is -0.400 e. The van der Waals surface area contributed by atoms with Crippen molar-refractivity contribution in [2.24, 2.45) is 11.5 Å². The van der Waals surface area contributed by atoms with E-state index in [1.54, 1.807) is 35.5 Å². The molecule has 0 fully saturated rings. The molecule has 0 radical (unpaired) electrons. The predicted octanol–water partition coefficient (Wildman–Crippen LogP) is 0.0415. The van der Waals surface area contributed by atoms with Gasteiger partial charge in [0.05, 0.1) is 0 Å². The lowest BCUT2D eigenvalue weighted by molar-refractivity contribution is 0.123. The molecule has 10 heteroatoms. The third kappa shape index (κ3) is 14.5. The maximum Gasteiger partial charge on any atom is 0.500 e. The van der Waals surface area contributed by atoms with Gasteiger partial charge in [-0.15, -0.1) is 0 Å². The van der Waals surface area contributed by atoms with Crippen LogP contribution in [0.15, 0.2) is 0 Å². The van der Waals surface area contributed by atoms with Gasteiger partial charge in [0.2, 0.25) is 0 Å². The van der Waals surface area contributed by atoms with Gasteiger partial charge < -0.3 is 38.9 Å². The van der Waals surface area contributed by atoms with Crippen molar-refractivity contribution in [1.82, 2.24) is 5.32 Å². The molecular weight excluding hydrogens is 346 g/mol. The fourth-order valence-corrected chi connectivity index (χ4v) is 5.01. The molecule has 8 nitrogen and oxygen atoms in total. The fraction of sp³-hybridized carbons (Fsp3) is 1.00. The molecule has 0 amide bonds. The van der Waals surface area contributed by atoms with Crippen molar-refractivity contribution in [2.45, 2.75) is 31.4 Å². The van der Waals surface area contributed by atoms with E-state index >= 15 is 0 Å². The zero-order valence-electron chi connectivity index (χ0n) is 16.1. The Bertz CT molecular complexity index is 240. The van der Waals surface area contributed by atoms with Crippen molar-refractivity contribution in [3.05, 3.63) is 0 Å². The molecule has 0 atom stereocenters. The first kappa shape index (κ1) is 26.3. The summed E-state index contributed by atoms with van der Waals surface area (Å²) in [6, 6.07) is 1.90. The van der Waals surface area contributed by atoms with Gasteiger partial charge in [0.15, 0.2) is 0 Å². The Hall–Kier alpha value is 0.114. The molecule has 0 aromatic rings. The Morgan fingerprint density at radius 1 is 0.792 bits per heavy atom. The summed E-state index contributed by atoms with van der Waals surface area (Å²) in [6.45, 7) is 3.21. The minimum atomic E-state index is -2.35. The third-order valence-electron chi connectivity index (χ3n) is 3.51. The van der Waals surface area contributed by atoms with Gasteiger partial charge in [-0.3, -0.25) is 0 Å². The third-order valence-corrected chi connectivity index (χ3v) is 8.27. The lowest BCUT2D eigenvalue weighted by Gasteiger charge is -2.24. The molecule has 0 heterocycles. The van der Waals surface area contributed by atoms with Gasteiger partial charge in [-0.25, -0.2) is 0 Å². The number of unbranched alkanes of at least 4 members (excludes halogenated alkanes) is 1. The highest BCUT2D eigenvalue weighted by Gasteiger charge is 2.36. The molecule has 24 heavy (non-hydrogen) atoms. The zero-order chi connectivity index (χ0) is 18.7. The maximum absolute atomic E-state index is 5.35. The van der Waals surface area contributed by atoms with Crippen LogP contribution in [0.3, 0.4) is 0 Å². The summed E-state index contributed by atoms with van der Waals surface area (Å²) in [5.74, 6) is 0. The number of nitrogens with two attached hydrogens (primary N) is 2. The van der Waals surface area contributed by atoms with Crippen LogP contribution in [0.2, 0.25) is 12.1 Å². The van der Waals surface area contributed by atoms with Crippen LogP contribution in [0, 0.1) is 0 Å². The van der Waals surface area contributed by atoms with E-state index in [0.29, 0.717) is 6.54 Å². The van der Waals surface area contributed by atoms with E-state index in [9.17, 15) is 0 Å².